The second-order valence-corrected chi connectivity index (χ2v) is 3.09. The van der Waals surface area contributed by atoms with Crippen molar-refractivity contribution in [2.75, 3.05) is 6.26 Å². The topological polar surface area (TPSA) is 86.7 Å². The van der Waals surface area contributed by atoms with Gasteiger partial charge in [-0.3, -0.25) is 19.2 Å². The van der Waals surface area contributed by atoms with Crippen LogP contribution < -0.4 is 0 Å². The third-order valence-corrected chi connectivity index (χ3v) is 2.17. The minimum Gasteiger partial charge on any atom is -0.395 e. The van der Waals surface area contributed by atoms with Crippen molar-refractivity contribution in [3.63, 3.8) is 0 Å². The number of rotatable bonds is 6. The first-order chi connectivity index (χ1) is 6.65. The molecule has 0 aliphatic carbocycles. The van der Waals surface area contributed by atoms with Crippen LogP contribution in [0.25, 0.3) is 0 Å². The maximum atomic E-state index is 10.9. The molecule has 0 amide bonds. The van der Waals surface area contributed by atoms with E-state index in [4.69, 9.17) is 0 Å². The molecule has 0 bridgehead atoms. The predicted molar refractivity (Wildman–Crippen MR) is 46.2 cm³/mol. The number of hydrogen-bond acceptors (Lipinski definition) is 7. The van der Waals surface area contributed by atoms with Crippen LogP contribution in [0.15, 0.2) is 0 Å². The zero-order valence-electron chi connectivity index (χ0n) is 7.30. The minimum atomic E-state index is -0.845. The molecule has 0 aliphatic rings. The van der Waals surface area contributed by atoms with E-state index in [2.05, 4.69) is 9.47 Å². The third-order valence-electron chi connectivity index (χ3n) is 1.24. The lowest BCUT2D eigenvalue weighted by Gasteiger charge is -2.08. The highest BCUT2D eigenvalue weighted by atomic mass is 32.2. The molecular formula is C7H8O6S. The zero-order chi connectivity index (χ0) is 11.0. The van der Waals surface area contributed by atoms with Crippen LogP contribution >= 0.6 is 11.8 Å². The molecule has 6 nitrogen and oxygen atoms in total. The molecule has 1 unspecified atom stereocenters. The molecule has 0 saturated carbocycles. The van der Waals surface area contributed by atoms with Gasteiger partial charge >= 0.3 is 24.9 Å². The lowest BCUT2D eigenvalue weighted by Crippen LogP contribution is -2.23. The van der Waals surface area contributed by atoms with Crippen LogP contribution in [0.3, 0.4) is 0 Å². The molecule has 0 N–H and O–H groups in total. The van der Waals surface area contributed by atoms with E-state index in [0.29, 0.717) is 0 Å². The predicted octanol–water partition coefficient (Wildman–Crippen LogP) is -0.493. The van der Waals surface area contributed by atoms with Crippen LogP contribution in [0.5, 0.6) is 0 Å². The zero-order valence-corrected chi connectivity index (χ0v) is 8.11. The van der Waals surface area contributed by atoms with Crippen molar-refractivity contribution in [1.82, 2.24) is 0 Å². The molecule has 0 spiro atoms. The summed E-state index contributed by atoms with van der Waals surface area (Å²) in [6.45, 7) is -0.0403. The van der Waals surface area contributed by atoms with E-state index in [1.807, 2.05) is 0 Å². The van der Waals surface area contributed by atoms with E-state index in [0.717, 1.165) is 11.8 Å². The van der Waals surface area contributed by atoms with E-state index in [1.165, 1.54) is 0 Å². The molecule has 14 heavy (non-hydrogen) atoms. The average molecular weight is 220 g/mol. The number of ether oxygens (including phenoxy) is 2. The Labute approximate surface area is 83.9 Å². The van der Waals surface area contributed by atoms with Crippen molar-refractivity contribution in [2.24, 2.45) is 0 Å². The monoisotopic (exact) mass is 220 g/mol. The highest BCUT2D eigenvalue weighted by molar-refractivity contribution is 7.99. The maximum absolute atomic E-state index is 10.9. The molecule has 0 aromatic rings. The first kappa shape index (κ1) is 12.6. The number of carbonyl (C=O) groups excluding carboxylic acids is 4. The lowest BCUT2D eigenvalue weighted by atomic mass is 10.3. The molecule has 7 heteroatoms. The van der Waals surface area contributed by atoms with Crippen LogP contribution in [0.4, 0.5) is 0 Å². The SMILES string of the molecule is CSC(CC(=O)OC=O)C(=O)OC=O. The summed E-state index contributed by atoms with van der Waals surface area (Å²) in [5.41, 5.74) is 0. The van der Waals surface area contributed by atoms with Gasteiger partial charge in [0.1, 0.15) is 5.25 Å². The molecule has 0 aliphatic heterocycles. The van der Waals surface area contributed by atoms with Crippen molar-refractivity contribution in [3.05, 3.63) is 0 Å². The average Bonchev–Trinajstić information content (AvgIpc) is 2.15. The smallest absolute Gasteiger partial charge is 0.327 e. The van der Waals surface area contributed by atoms with E-state index in [1.54, 1.807) is 6.26 Å². The molecule has 1 atom stereocenters. The van der Waals surface area contributed by atoms with Crippen molar-refractivity contribution >= 4 is 36.6 Å². The van der Waals surface area contributed by atoms with Crippen LogP contribution in [-0.4, -0.2) is 36.4 Å². The summed E-state index contributed by atoms with van der Waals surface area (Å²) in [7, 11) is 0. The van der Waals surface area contributed by atoms with E-state index < -0.39 is 17.2 Å². The molecular weight excluding hydrogens is 212 g/mol. The van der Waals surface area contributed by atoms with Crippen molar-refractivity contribution in [2.45, 2.75) is 11.7 Å². The van der Waals surface area contributed by atoms with Crippen molar-refractivity contribution < 1.29 is 28.7 Å². The molecule has 0 saturated heterocycles. The Bertz CT molecular complexity index is 238. The highest BCUT2D eigenvalue weighted by Gasteiger charge is 2.23. The number of thioether (sulfide) groups is 1. The fourth-order valence-corrected chi connectivity index (χ4v) is 1.19. The van der Waals surface area contributed by atoms with E-state index in [-0.39, 0.29) is 19.4 Å². The van der Waals surface area contributed by atoms with E-state index >= 15 is 0 Å². The van der Waals surface area contributed by atoms with Gasteiger partial charge in [0.2, 0.25) is 0 Å². The molecule has 0 radical (unpaired) electrons. The Morgan fingerprint density at radius 1 is 1.29 bits per heavy atom. The minimum absolute atomic E-state index is 0.0173. The van der Waals surface area contributed by atoms with Gasteiger partial charge in [-0.25, -0.2) is 0 Å². The summed E-state index contributed by atoms with van der Waals surface area (Å²) in [4.78, 5) is 41.3. The summed E-state index contributed by atoms with van der Waals surface area (Å²) in [5, 5.41) is -0.840. The summed E-state index contributed by atoms with van der Waals surface area (Å²) in [5.74, 6) is -1.68. The van der Waals surface area contributed by atoms with Gasteiger partial charge in [-0.1, -0.05) is 0 Å². The van der Waals surface area contributed by atoms with Gasteiger partial charge < -0.3 is 9.47 Å². The normalized spacial score (nSPS) is 11.2. The van der Waals surface area contributed by atoms with Crippen molar-refractivity contribution in [1.29, 1.82) is 0 Å². The molecule has 0 heterocycles. The molecule has 0 rings (SSSR count). The lowest BCUT2D eigenvalue weighted by molar-refractivity contribution is -0.156. The summed E-state index contributed by atoms with van der Waals surface area (Å²) in [6.07, 6.45) is 1.25. The molecule has 0 aromatic carbocycles. The second kappa shape index (κ2) is 7.07. The fourth-order valence-electron chi connectivity index (χ4n) is 0.639. The Morgan fingerprint density at radius 2 is 1.86 bits per heavy atom. The van der Waals surface area contributed by atoms with Gasteiger partial charge in [-0.2, -0.15) is 0 Å². The van der Waals surface area contributed by atoms with Gasteiger partial charge in [0, 0.05) is 0 Å². The summed E-state index contributed by atoms with van der Waals surface area (Å²) >= 11 is 1.02. The molecule has 0 aromatic heterocycles. The van der Waals surface area contributed by atoms with Crippen molar-refractivity contribution in [3.8, 4) is 0 Å². The fraction of sp³-hybridized carbons (Fsp3) is 0.429. The highest BCUT2D eigenvalue weighted by Crippen LogP contribution is 2.13. The van der Waals surface area contributed by atoms with Gasteiger partial charge in [0.15, 0.2) is 0 Å². The Kier molecular flexibility index (Phi) is 6.38. The van der Waals surface area contributed by atoms with Gasteiger partial charge in [0.25, 0.3) is 0 Å². The van der Waals surface area contributed by atoms with E-state index in [9.17, 15) is 19.2 Å². The summed E-state index contributed by atoms with van der Waals surface area (Å²) < 4.78 is 8.01. The first-order valence-electron chi connectivity index (χ1n) is 3.45. The Hall–Kier alpha value is -1.37. The van der Waals surface area contributed by atoms with Gasteiger partial charge in [0.05, 0.1) is 6.42 Å². The Morgan fingerprint density at radius 3 is 2.29 bits per heavy atom. The number of carbonyl (C=O) groups is 4. The van der Waals surface area contributed by atoms with Crippen LogP contribution in [-0.2, 0) is 28.7 Å². The van der Waals surface area contributed by atoms with Crippen LogP contribution in [0.2, 0.25) is 0 Å². The maximum Gasteiger partial charge on any atom is 0.327 e. The number of hydrogen-bond donors (Lipinski definition) is 0. The Balaban J connectivity index is 4.13. The second-order valence-electron chi connectivity index (χ2n) is 2.05. The van der Waals surface area contributed by atoms with Gasteiger partial charge in [-0.05, 0) is 6.26 Å². The quantitative estimate of drug-likeness (QED) is 0.339. The third kappa shape index (κ3) is 4.61. The first-order valence-corrected chi connectivity index (χ1v) is 4.74. The number of esters is 2. The summed E-state index contributed by atoms with van der Waals surface area (Å²) in [6, 6.07) is 0. The van der Waals surface area contributed by atoms with Gasteiger partial charge in [-0.15, -0.1) is 11.8 Å². The standard InChI is InChI=1S/C7H8O6S/c1-14-5(7(11)13-4-9)2-6(10)12-3-8/h3-5H,2H2,1H3. The van der Waals surface area contributed by atoms with Crippen LogP contribution in [0.1, 0.15) is 6.42 Å². The van der Waals surface area contributed by atoms with Crippen LogP contribution in [0, 0.1) is 0 Å². The molecule has 0 fully saturated rings. The largest absolute Gasteiger partial charge is 0.395 e. The molecule has 78 valence electrons.